The number of nitrogens with one attached hydrogen (secondary N) is 1. The molecule has 0 radical (unpaired) electrons. The van der Waals surface area contributed by atoms with E-state index in [9.17, 15) is 0 Å². The van der Waals surface area contributed by atoms with Crippen molar-refractivity contribution in [1.82, 2.24) is 4.98 Å². The summed E-state index contributed by atoms with van der Waals surface area (Å²) < 4.78 is 5.67. The average Bonchev–Trinajstić information content (AvgIpc) is 2.92. The Labute approximate surface area is 111 Å². The highest BCUT2D eigenvalue weighted by Gasteiger charge is 2.23. The van der Waals surface area contributed by atoms with Gasteiger partial charge in [0.1, 0.15) is 5.75 Å². The zero-order valence-corrected chi connectivity index (χ0v) is 11.4. The number of benzene rings is 1. The van der Waals surface area contributed by atoms with Crippen molar-refractivity contribution in [2.24, 2.45) is 0 Å². The van der Waals surface area contributed by atoms with Crippen LogP contribution in [0.1, 0.15) is 22.1 Å². The number of thiazole rings is 1. The molecule has 0 fully saturated rings. The molecule has 18 heavy (non-hydrogen) atoms. The molecule has 1 aromatic carbocycles. The van der Waals surface area contributed by atoms with Gasteiger partial charge in [-0.15, -0.1) is 11.3 Å². The van der Waals surface area contributed by atoms with E-state index in [0.717, 1.165) is 29.7 Å². The fraction of sp³-hybridized carbons (Fsp3) is 0.357. The van der Waals surface area contributed by atoms with E-state index in [1.165, 1.54) is 10.4 Å². The van der Waals surface area contributed by atoms with E-state index in [0.29, 0.717) is 5.92 Å². The van der Waals surface area contributed by atoms with Gasteiger partial charge in [0.15, 0.2) is 5.13 Å². The van der Waals surface area contributed by atoms with Gasteiger partial charge in [0.05, 0.1) is 12.3 Å². The smallest absolute Gasteiger partial charge is 0.183 e. The van der Waals surface area contributed by atoms with Gasteiger partial charge in [-0.3, -0.25) is 0 Å². The van der Waals surface area contributed by atoms with E-state index in [4.69, 9.17) is 4.74 Å². The number of aromatic nitrogens is 1. The number of hydrogen-bond acceptors (Lipinski definition) is 4. The van der Waals surface area contributed by atoms with Crippen molar-refractivity contribution in [3.63, 3.8) is 0 Å². The molecule has 0 bridgehead atoms. The Morgan fingerprint density at radius 1 is 1.39 bits per heavy atom. The largest absolute Gasteiger partial charge is 0.493 e. The fourth-order valence-corrected chi connectivity index (χ4v) is 2.98. The Balaban J connectivity index is 1.68. The number of ether oxygens (including phenoxy) is 1. The van der Waals surface area contributed by atoms with Gasteiger partial charge < -0.3 is 10.1 Å². The molecule has 1 aliphatic heterocycles. The molecule has 2 heterocycles. The van der Waals surface area contributed by atoms with Crippen LogP contribution >= 0.6 is 11.3 Å². The Morgan fingerprint density at radius 2 is 2.22 bits per heavy atom. The Hall–Kier alpha value is -1.55. The van der Waals surface area contributed by atoms with Crippen LogP contribution in [-0.2, 0) is 0 Å². The molecule has 1 atom stereocenters. The lowest BCUT2D eigenvalue weighted by molar-refractivity contribution is 0.334. The van der Waals surface area contributed by atoms with Crippen LogP contribution < -0.4 is 10.1 Å². The molecular weight excluding hydrogens is 244 g/mol. The molecule has 94 valence electrons. The fourth-order valence-electron chi connectivity index (χ4n) is 2.16. The number of rotatable bonds is 3. The number of hydrogen-bond donors (Lipinski definition) is 1. The summed E-state index contributed by atoms with van der Waals surface area (Å²) in [6.45, 7) is 5.79. The minimum absolute atomic E-state index is 0.422. The lowest BCUT2D eigenvalue weighted by Crippen LogP contribution is -2.13. The third-order valence-electron chi connectivity index (χ3n) is 3.33. The molecule has 1 N–H and O–H groups in total. The second-order valence-electron chi connectivity index (χ2n) is 4.59. The summed E-state index contributed by atoms with van der Waals surface area (Å²) in [4.78, 5) is 5.77. The van der Waals surface area contributed by atoms with Crippen LogP contribution in [0, 0.1) is 13.8 Å². The molecule has 1 aliphatic rings. The summed E-state index contributed by atoms with van der Waals surface area (Å²) in [6, 6.07) is 8.26. The second-order valence-corrected chi connectivity index (χ2v) is 5.79. The Morgan fingerprint density at radius 3 is 3.00 bits per heavy atom. The predicted octanol–water partition coefficient (Wildman–Crippen LogP) is 3.35. The number of fused-ring (bicyclic) bond motifs is 1. The molecule has 1 aromatic heterocycles. The predicted molar refractivity (Wildman–Crippen MR) is 74.8 cm³/mol. The van der Waals surface area contributed by atoms with Crippen molar-refractivity contribution < 1.29 is 4.74 Å². The van der Waals surface area contributed by atoms with Gasteiger partial charge in [0.2, 0.25) is 0 Å². The molecule has 0 amide bonds. The first-order valence-corrected chi connectivity index (χ1v) is 6.95. The van der Waals surface area contributed by atoms with Crippen LogP contribution in [0.3, 0.4) is 0 Å². The maximum Gasteiger partial charge on any atom is 0.183 e. The van der Waals surface area contributed by atoms with Gasteiger partial charge in [0, 0.05) is 22.9 Å². The number of aryl methyl sites for hydroxylation is 2. The summed E-state index contributed by atoms with van der Waals surface area (Å²) in [7, 11) is 0. The van der Waals surface area contributed by atoms with Gasteiger partial charge >= 0.3 is 0 Å². The summed E-state index contributed by atoms with van der Waals surface area (Å²) in [6.07, 6.45) is 0. The normalized spacial score (nSPS) is 17.3. The molecule has 0 saturated heterocycles. The van der Waals surface area contributed by atoms with E-state index >= 15 is 0 Å². The first-order valence-electron chi connectivity index (χ1n) is 6.13. The highest BCUT2D eigenvalue weighted by molar-refractivity contribution is 7.15. The highest BCUT2D eigenvalue weighted by atomic mass is 32.1. The van der Waals surface area contributed by atoms with Crippen LogP contribution in [-0.4, -0.2) is 18.1 Å². The minimum Gasteiger partial charge on any atom is -0.493 e. The molecule has 0 aliphatic carbocycles. The number of nitrogens with zero attached hydrogens (tertiary/aromatic N) is 1. The Kier molecular flexibility index (Phi) is 2.96. The van der Waals surface area contributed by atoms with Gasteiger partial charge in [-0.2, -0.15) is 0 Å². The molecule has 4 heteroatoms. The quantitative estimate of drug-likeness (QED) is 0.919. The number of para-hydroxylation sites is 1. The molecule has 3 rings (SSSR count). The zero-order valence-electron chi connectivity index (χ0n) is 10.6. The molecule has 0 saturated carbocycles. The van der Waals surface area contributed by atoms with Crippen LogP contribution in [0.5, 0.6) is 5.75 Å². The number of anilines is 1. The molecule has 1 unspecified atom stereocenters. The van der Waals surface area contributed by atoms with Crippen molar-refractivity contribution >= 4 is 16.5 Å². The molecule has 0 spiro atoms. The van der Waals surface area contributed by atoms with Crippen molar-refractivity contribution in [3.8, 4) is 5.75 Å². The first kappa shape index (κ1) is 11.5. The lowest BCUT2D eigenvalue weighted by Gasteiger charge is -2.09. The summed E-state index contributed by atoms with van der Waals surface area (Å²) in [5.74, 6) is 1.45. The molecule has 3 nitrogen and oxygen atoms in total. The summed E-state index contributed by atoms with van der Waals surface area (Å²) in [5.41, 5.74) is 2.42. The van der Waals surface area contributed by atoms with E-state index in [1.807, 2.05) is 19.1 Å². The third-order valence-corrected chi connectivity index (χ3v) is 4.36. The van der Waals surface area contributed by atoms with Crippen LogP contribution in [0.25, 0.3) is 0 Å². The maximum atomic E-state index is 5.67. The summed E-state index contributed by atoms with van der Waals surface area (Å²) in [5, 5.41) is 4.43. The minimum atomic E-state index is 0.422. The van der Waals surface area contributed by atoms with E-state index < -0.39 is 0 Å². The van der Waals surface area contributed by atoms with E-state index in [2.05, 4.69) is 29.4 Å². The standard InChI is InChI=1S/C14H16N2OS/c1-9-10(2)18-14(16-9)15-7-11-8-17-13-6-4-3-5-12(11)13/h3-6,11H,7-8H2,1-2H3,(H,15,16). The molecule has 2 aromatic rings. The van der Waals surface area contributed by atoms with E-state index in [1.54, 1.807) is 11.3 Å². The monoisotopic (exact) mass is 260 g/mol. The second kappa shape index (κ2) is 4.61. The van der Waals surface area contributed by atoms with Gasteiger partial charge in [-0.25, -0.2) is 4.98 Å². The van der Waals surface area contributed by atoms with Crippen LogP contribution in [0.2, 0.25) is 0 Å². The zero-order chi connectivity index (χ0) is 12.5. The van der Waals surface area contributed by atoms with Gasteiger partial charge in [0.25, 0.3) is 0 Å². The van der Waals surface area contributed by atoms with Crippen molar-refractivity contribution in [1.29, 1.82) is 0 Å². The third kappa shape index (κ3) is 2.08. The van der Waals surface area contributed by atoms with Crippen LogP contribution in [0.4, 0.5) is 5.13 Å². The Bertz CT molecular complexity index is 545. The maximum absolute atomic E-state index is 5.67. The highest BCUT2D eigenvalue weighted by Crippen LogP contribution is 2.33. The first-order chi connectivity index (χ1) is 8.74. The summed E-state index contributed by atoms with van der Waals surface area (Å²) >= 11 is 1.72. The van der Waals surface area contributed by atoms with Crippen molar-refractivity contribution in [2.45, 2.75) is 19.8 Å². The SMILES string of the molecule is Cc1nc(NCC2COc3ccccc32)sc1C. The van der Waals surface area contributed by atoms with Gasteiger partial charge in [-0.05, 0) is 19.9 Å². The van der Waals surface area contributed by atoms with E-state index in [-0.39, 0.29) is 0 Å². The van der Waals surface area contributed by atoms with Gasteiger partial charge in [-0.1, -0.05) is 18.2 Å². The average molecular weight is 260 g/mol. The van der Waals surface area contributed by atoms with Crippen molar-refractivity contribution in [2.75, 3.05) is 18.5 Å². The van der Waals surface area contributed by atoms with Crippen LogP contribution in [0.15, 0.2) is 24.3 Å². The topological polar surface area (TPSA) is 34.2 Å². The molecular formula is C14H16N2OS. The van der Waals surface area contributed by atoms with Crippen molar-refractivity contribution in [3.05, 3.63) is 40.4 Å². The lowest BCUT2D eigenvalue weighted by atomic mass is 10.0.